The molecule has 1 unspecified atom stereocenters. The molecule has 0 aliphatic carbocycles. The maximum Gasteiger partial charge on any atom is 0.244 e. The number of halogens is 1. The molecular formula is C24H32ClN3O4S. The van der Waals surface area contributed by atoms with Gasteiger partial charge in [-0.15, -0.1) is 0 Å². The van der Waals surface area contributed by atoms with Crippen LogP contribution in [0.1, 0.15) is 37.0 Å². The minimum absolute atomic E-state index is 0.140. The van der Waals surface area contributed by atoms with E-state index in [-0.39, 0.29) is 12.5 Å². The van der Waals surface area contributed by atoms with Crippen molar-refractivity contribution in [1.29, 1.82) is 0 Å². The number of hydrogen-bond donors (Lipinski definition) is 1. The molecule has 0 aliphatic heterocycles. The van der Waals surface area contributed by atoms with Gasteiger partial charge in [-0.3, -0.25) is 13.9 Å². The molecule has 180 valence electrons. The number of aryl methyl sites for hydroxylation is 1. The molecule has 0 fully saturated rings. The molecule has 2 amide bonds. The number of amides is 2. The topological polar surface area (TPSA) is 86.8 Å². The van der Waals surface area contributed by atoms with Crippen molar-refractivity contribution >= 4 is 39.1 Å². The average Bonchev–Trinajstić information content (AvgIpc) is 2.76. The van der Waals surface area contributed by atoms with Gasteiger partial charge in [-0.05, 0) is 62.1 Å². The fraction of sp³-hybridized carbons (Fsp3) is 0.417. The molecule has 2 aromatic rings. The molecule has 0 aromatic heterocycles. The summed E-state index contributed by atoms with van der Waals surface area (Å²) in [5, 5.41) is 3.37. The molecular weight excluding hydrogens is 462 g/mol. The minimum atomic E-state index is -3.76. The number of carbonyl (C=O) groups is 2. The summed E-state index contributed by atoms with van der Waals surface area (Å²) in [6.45, 7) is 7.50. The number of nitrogens with zero attached hydrogens (tertiary/aromatic N) is 2. The summed E-state index contributed by atoms with van der Waals surface area (Å²) in [6.07, 6.45) is 1.83. The van der Waals surface area contributed by atoms with Gasteiger partial charge in [0.25, 0.3) is 0 Å². The third kappa shape index (κ3) is 7.20. The van der Waals surface area contributed by atoms with Gasteiger partial charge in [0.1, 0.15) is 12.6 Å². The Morgan fingerprint density at radius 2 is 1.73 bits per heavy atom. The zero-order valence-corrected chi connectivity index (χ0v) is 21.3. The van der Waals surface area contributed by atoms with Crippen molar-refractivity contribution in [2.75, 3.05) is 23.7 Å². The van der Waals surface area contributed by atoms with Crippen LogP contribution >= 0.6 is 11.6 Å². The molecule has 1 atom stereocenters. The lowest BCUT2D eigenvalue weighted by molar-refractivity contribution is -0.139. The van der Waals surface area contributed by atoms with Crippen LogP contribution in [0.25, 0.3) is 0 Å². The third-order valence-electron chi connectivity index (χ3n) is 5.51. The fourth-order valence-electron chi connectivity index (χ4n) is 3.37. The number of anilines is 1. The Balaban J connectivity index is 2.40. The minimum Gasteiger partial charge on any atom is -0.354 e. The molecule has 0 saturated heterocycles. The summed E-state index contributed by atoms with van der Waals surface area (Å²) >= 11 is 5.98. The molecule has 0 radical (unpaired) electrons. The van der Waals surface area contributed by atoms with Gasteiger partial charge in [-0.25, -0.2) is 8.42 Å². The maximum absolute atomic E-state index is 13.5. The molecule has 0 heterocycles. The van der Waals surface area contributed by atoms with E-state index in [0.29, 0.717) is 17.3 Å². The van der Waals surface area contributed by atoms with Gasteiger partial charge in [-0.2, -0.15) is 0 Å². The lowest BCUT2D eigenvalue weighted by Gasteiger charge is -2.32. The molecule has 0 saturated carbocycles. The van der Waals surface area contributed by atoms with E-state index >= 15 is 0 Å². The number of hydrogen-bond acceptors (Lipinski definition) is 4. The Morgan fingerprint density at radius 1 is 1.09 bits per heavy atom. The molecule has 0 aliphatic rings. The highest BCUT2D eigenvalue weighted by atomic mass is 35.5. The van der Waals surface area contributed by atoms with E-state index in [9.17, 15) is 18.0 Å². The number of sulfonamides is 1. The predicted octanol–water partition coefficient (Wildman–Crippen LogP) is 3.67. The van der Waals surface area contributed by atoms with Crippen LogP contribution in [0.3, 0.4) is 0 Å². The molecule has 9 heteroatoms. The number of rotatable bonds is 10. The Hall–Kier alpha value is -2.58. The standard InChI is InChI=1S/C24H32ClN3O4S/c1-6-14-26-24(30)19(4)27(15-20-10-12-21(25)13-11-20)23(29)16-28(33(5,31)32)22-9-7-8-17(2)18(22)3/h7-13,19H,6,14-16H2,1-5H3,(H,26,30). The Kier molecular flexibility index (Phi) is 9.31. The Bertz CT molecular complexity index is 1090. The molecule has 2 aromatic carbocycles. The first kappa shape index (κ1) is 26.7. The van der Waals surface area contributed by atoms with E-state index in [1.54, 1.807) is 43.3 Å². The van der Waals surface area contributed by atoms with Crippen molar-refractivity contribution in [2.45, 2.75) is 46.7 Å². The van der Waals surface area contributed by atoms with Crippen LogP contribution in [0.2, 0.25) is 5.02 Å². The second-order valence-corrected chi connectivity index (χ2v) is 10.4. The molecule has 0 bridgehead atoms. The van der Waals surface area contributed by atoms with Crippen molar-refractivity contribution in [3.8, 4) is 0 Å². The van der Waals surface area contributed by atoms with E-state index < -0.39 is 28.5 Å². The monoisotopic (exact) mass is 493 g/mol. The van der Waals surface area contributed by atoms with Gasteiger partial charge < -0.3 is 10.2 Å². The maximum atomic E-state index is 13.5. The van der Waals surface area contributed by atoms with Gasteiger partial charge in [0.2, 0.25) is 21.8 Å². The Morgan fingerprint density at radius 3 is 2.30 bits per heavy atom. The number of nitrogens with one attached hydrogen (secondary N) is 1. The number of benzene rings is 2. The quantitative estimate of drug-likeness (QED) is 0.547. The van der Waals surface area contributed by atoms with E-state index in [2.05, 4.69) is 5.32 Å². The van der Waals surface area contributed by atoms with Crippen molar-refractivity contribution in [3.05, 3.63) is 64.2 Å². The largest absolute Gasteiger partial charge is 0.354 e. The molecule has 0 spiro atoms. The van der Waals surface area contributed by atoms with E-state index in [0.717, 1.165) is 33.7 Å². The highest BCUT2D eigenvalue weighted by molar-refractivity contribution is 7.92. The van der Waals surface area contributed by atoms with E-state index in [4.69, 9.17) is 11.6 Å². The molecule has 2 rings (SSSR count). The van der Waals surface area contributed by atoms with E-state index in [1.165, 1.54) is 4.90 Å². The third-order valence-corrected chi connectivity index (χ3v) is 6.89. The van der Waals surface area contributed by atoms with Gasteiger partial charge in [0, 0.05) is 18.1 Å². The first-order chi connectivity index (χ1) is 15.5. The van der Waals surface area contributed by atoms with Crippen LogP contribution in [-0.2, 0) is 26.2 Å². The van der Waals surface area contributed by atoms with Crippen LogP contribution in [0.4, 0.5) is 5.69 Å². The van der Waals surface area contributed by atoms with Gasteiger partial charge in [0.05, 0.1) is 11.9 Å². The second kappa shape index (κ2) is 11.5. The smallest absolute Gasteiger partial charge is 0.244 e. The molecule has 33 heavy (non-hydrogen) atoms. The zero-order valence-electron chi connectivity index (χ0n) is 19.8. The van der Waals surface area contributed by atoms with Crippen LogP contribution < -0.4 is 9.62 Å². The predicted molar refractivity (Wildman–Crippen MR) is 133 cm³/mol. The van der Waals surface area contributed by atoms with Crippen LogP contribution in [0.5, 0.6) is 0 Å². The fourth-order valence-corrected chi connectivity index (χ4v) is 4.39. The van der Waals surface area contributed by atoms with Crippen molar-refractivity contribution in [2.24, 2.45) is 0 Å². The second-order valence-electron chi connectivity index (χ2n) is 8.10. The van der Waals surface area contributed by atoms with Gasteiger partial charge in [0.15, 0.2) is 0 Å². The SMILES string of the molecule is CCCNC(=O)C(C)N(Cc1ccc(Cl)cc1)C(=O)CN(c1cccc(C)c1C)S(C)(=O)=O. The normalized spacial score (nSPS) is 12.2. The van der Waals surface area contributed by atoms with E-state index in [1.807, 2.05) is 26.8 Å². The average molecular weight is 494 g/mol. The van der Waals surface area contributed by atoms with Crippen LogP contribution in [0, 0.1) is 13.8 Å². The summed E-state index contributed by atoms with van der Waals surface area (Å²) < 4.78 is 26.4. The van der Waals surface area contributed by atoms with Gasteiger partial charge in [-0.1, -0.05) is 42.8 Å². The van der Waals surface area contributed by atoms with Crippen molar-refractivity contribution in [3.63, 3.8) is 0 Å². The summed E-state index contributed by atoms with van der Waals surface area (Å²) in [6, 6.07) is 11.5. The summed E-state index contributed by atoms with van der Waals surface area (Å²) in [4.78, 5) is 27.6. The van der Waals surface area contributed by atoms with Crippen LogP contribution in [0.15, 0.2) is 42.5 Å². The summed E-state index contributed by atoms with van der Waals surface area (Å²) in [5.74, 6) is -0.771. The lowest BCUT2D eigenvalue weighted by Crippen LogP contribution is -2.51. The highest BCUT2D eigenvalue weighted by Gasteiger charge is 2.30. The highest BCUT2D eigenvalue weighted by Crippen LogP contribution is 2.25. The van der Waals surface area contributed by atoms with Gasteiger partial charge >= 0.3 is 0 Å². The molecule has 7 nitrogen and oxygen atoms in total. The Labute approximate surface area is 201 Å². The number of carbonyl (C=O) groups excluding carboxylic acids is 2. The zero-order chi connectivity index (χ0) is 24.8. The van der Waals surface area contributed by atoms with Crippen molar-refractivity contribution < 1.29 is 18.0 Å². The summed E-state index contributed by atoms with van der Waals surface area (Å²) in [7, 11) is -3.76. The van der Waals surface area contributed by atoms with Crippen molar-refractivity contribution in [1.82, 2.24) is 10.2 Å². The lowest BCUT2D eigenvalue weighted by atomic mass is 10.1. The first-order valence-electron chi connectivity index (χ1n) is 10.8. The molecule has 1 N–H and O–H groups in total. The summed E-state index contributed by atoms with van der Waals surface area (Å²) in [5.41, 5.74) is 2.91. The first-order valence-corrected chi connectivity index (χ1v) is 13.0. The van der Waals surface area contributed by atoms with Crippen LogP contribution in [-0.4, -0.2) is 50.5 Å².